The van der Waals surface area contributed by atoms with Gasteiger partial charge < -0.3 is 10.2 Å². The zero-order valence-corrected chi connectivity index (χ0v) is 19.0. The molecular weight excluding hydrogens is 384 g/mol. The Kier molecular flexibility index (Phi) is 7.36. The van der Waals surface area contributed by atoms with Crippen LogP contribution in [0.3, 0.4) is 0 Å². The zero-order valence-electron chi connectivity index (χ0n) is 19.0. The van der Waals surface area contributed by atoms with Crippen molar-refractivity contribution < 1.29 is 4.79 Å². The van der Waals surface area contributed by atoms with Crippen LogP contribution in [0.2, 0.25) is 0 Å². The number of amides is 1. The van der Waals surface area contributed by atoms with Crippen molar-refractivity contribution in [2.45, 2.75) is 58.7 Å². The van der Waals surface area contributed by atoms with E-state index in [4.69, 9.17) is 0 Å². The standard InChI is InChI=1S/C26H36N4O/c1-20-5-3-4-6-24(20)19-29-13-10-25(11-14-29)30-15-8-22(9-16-30)26(31)28-18-23-7-12-27-17-21(23)2/h3-7,12,17,22,25H,8-11,13-16,18-19H2,1-2H3,(H,28,31). The van der Waals surface area contributed by atoms with Crippen molar-refractivity contribution in [3.05, 3.63) is 65.0 Å². The first-order valence-electron chi connectivity index (χ1n) is 11.8. The molecule has 5 nitrogen and oxygen atoms in total. The Bertz CT molecular complexity index is 867. The van der Waals surface area contributed by atoms with Crippen molar-refractivity contribution in [1.82, 2.24) is 20.1 Å². The van der Waals surface area contributed by atoms with E-state index in [1.54, 1.807) is 6.20 Å². The summed E-state index contributed by atoms with van der Waals surface area (Å²) in [6, 6.07) is 11.4. The molecule has 5 heteroatoms. The van der Waals surface area contributed by atoms with E-state index >= 15 is 0 Å². The minimum absolute atomic E-state index is 0.152. The highest BCUT2D eigenvalue weighted by molar-refractivity contribution is 5.78. The molecule has 1 aromatic carbocycles. The van der Waals surface area contributed by atoms with Crippen molar-refractivity contribution in [3.63, 3.8) is 0 Å². The van der Waals surface area contributed by atoms with Crippen LogP contribution >= 0.6 is 0 Å². The molecule has 1 amide bonds. The summed E-state index contributed by atoms with van der Waals surface area (Å²) in [5.74, 6) is 0.364. The van der Waals surface area contributed by atoms with E-state index in [0.717, 1.165) is 43.6 Å². The van der Waals surface area contributed by atoms with Crippen molar-refractivity contribution in [3.8, 4) is 0 Å². The van der Waals surface area contributed by atoms with Crippen LogP contribution in [0, 0.1) is 19.8 Å². The smallest absolute Gasteiger partial charge is 0.223 e. The summed E-state index contributed by atoms with van der Waals surface area (Å²) < 4.78 is 0. The van der Waals surface area contributed by atoms with Crippen LogP contribution < -0.4 is 5.32 Å². The van der Waals surface area contributed by atoms with Crippen molar-refractivity contribution in [2.75, 3.05) is 26.2 Å². The summed E-state index contributed by atoms with van der Waals surface area (Å²) in [5, 5.41) is 3.15. The first-order chi connectivity index (χ1) is 15.1. The minimum atomic E-state index is 0.152. The maximum absolute atomic E-state index is 12.7. The number of pyridine rings is 1. The molecule has 0 aliphatic carbocycles. The van der Waals surface area contributed by atoms with E-state index in [0.29, 0.717) is 12.6 Å². The molecule has 2 aliphatic rings. The number of aryl methyl sites for hydroxylation is 2. The SMILES string of the molecule is Cc1cnccc1CNC(=O)C1CCN(C2CCN(Cc3ccccc3C)CC2)CC1. The number of hydrogen-bond acceptors (Lipinski definition) is 4. The molecule has 3 heterocycles. The van der Waals surface area contributed by atoms with Gasteiger partial charge in [0.15, 0.2) is 0 Å². The normalized spacial score (nSPS) is 19.4. The molecule has 166 valence electrons. The van der Waals surface area contributed by atoms with Crippen LogP contribution in [0.25, 0.3) is 0 Å². The Morgan fingerprint density at radius 1 is 0.968 bits per heavy atom. The first-order valence-corrected chi connectivity index (χ1v) is 11.8. The fourth-order valence-electron chi connectivity index (χ4n) is 5.03. The maximum atomic E-state index is 12.7. The van der Waals surface area contributed by atoms with Crippen LogP contribution in [0.15, 0.2) is 42.7 Å². The van der Waals surface area contributed by atoms with E-state index < -0.39 is 0 Å². The maximum Gasteiger partial charge on any atom is 0.223 e. The Morgan fingerprint density at radius 3 is 2.42 bits per heavy atom. The molecule has 2 fully saturated rings. The van der Waals surface area contributed by atoms with Gasteiger partial charge in [0.25, 0.3) is 0 Å². The third-order valence-electron chi connectivity index (χ3n) is 7.22. The molecule has 2 aromatic rings. The van der Waals surface area contributed by atoms with Gasteiger partial charge in [-0.1, -0.05) is 24.3 Å². The molecule has 2 aliphatic heterocycles. The molecule has 0 atom stereocenters. The first kappa shape index (κ1) is 22.0. The lowest BCUT2D eigenvalue weighted by molar-refractivity contribution is -0.126. The second-order valence-electron chi connectivity index (χ2n) is 9.26. The number of carbonyl (C=O) groups is 1. The van der Waals surface area contributed by atoms with Gasteiger partial charge in [-0.25, -0.2) is 0 Å². The fourth-order valence-corrected chi connectivity index (χ4v) is 5.03. The summed E-state index contributed by atoms with van der Waals surface area (Å²) in [5.41, 5.74) is 5.13. The minimum Gasteiger partial charge on any atom is -0.352 e. The lowest BCUT2D eigenvalue weighted by Crippen LogP contribution is -2.49. The van der Waals surface area contributed by atoms with Crippen LogP contribution in [-0.2, 0) is 17.9 Å². The van der Waals surface area contributed by atoms with Gasteiger partial charge in [-0.3, -0.25) is 14.7 Å². The molecular formula is C26H36N4O. The summed E-state index contributed by atoms with van der Waals surface area (Å²) in [6.07, 6.45) is 8.08. The summed E-state index contributed by atoms with van der Waals surface area (Å²) in [6.45, 7) is 10.4. The van der Waals surface area contributed by atoms with Crippen molar-refractivity contribution in [1.29, 1.82) is 0 Å². The molecule has 31 heavy (non-hydrogen) atoms. The van der Waals surface area contributed by atoms with Crippen LogP contribution in [-0.4, -0.2) is 52.9 Å². The number of rotatable bonds is 6. The fraction of sp³-hybridized carbons (Fsp3) is 0.538. The highest BCUT2D eigenvalue weighted by Gasteiger charge is 2.30. The molecule has 0 spiro atoms. The highest BCUT2D eigenvalue weighted by Crippen LogP contribution is 2.25. The topological polar surface area (TPSA) is 48.5 Å². The number of hydrogen-bond donors (Lipinski definition) is 1. The van der Waals surface area contributed by atoms with Gasteiger partial charge in [-0.15, -0.1) is 0 Å². The molecule has 0 bridgehead atoms. The average molecular weight is 421 g/mol. The zero-order chi connectivity index (χ0) is 21.6. The predicted octanol–water partition coefficient (Wildman–Crippen LogP) is 3.69. The van der Waals surface area contributed by atoms with Gasteiger partial charge in [-0.2, -0.15) is 0 Å². The third-order valence-corrected chi connectivity index (χ3v) is 7.22. The Hall–Kier alpha value is -2.24. The second kappa shape index (κ2) is 10.4. The van der Waals surface area contributed by atoms with Crippen LogP contribution in [0.4, 0.5) is 0 Å². The van der Waals surface area contributed by atoms with E-state index in [-0.39, 0.29) is 11.8 Å². The second-order valence-corrected chi connectivity index (χ2v) is 9.26. The average Bonchev–Trinajstić information content (AvgIpc) is 2.80. The lowest BCUT2D eigenvalue weighted by Gasteiger charge is -2.41. The number of aromatic nitrogens is 1. The van der Waals surface area contributed by atoms with E-state index in [1.807, 2.05) is 19.2 Å². The van der Waals surface area contributed by atoms with Gasteiger partial charge in [0, 0.05) is 37.4 Å². The van der Waals surface area contributed by atoms with Crippen molar-refractivity contribution >= 4 is 5.91 Å². The molecule has 1 aromatic heterocycles. The largest absolute Gasteiger partial charge is 0.352 e. The van der Waals surface area contributed by atoms with E-state index in [9.17, 15) is 4.79 Å². The Labute approximate surface area is 186 Å². The van der Waals surface area contributed by atoms with Gasteiger partial charge in [0.2, 0.25) is 5.91 Å². The van der Waals surface area contributed by atoms with Crippen LogP contribution in [0.5, 0.6) is 0 Å². The summed E-state index contributed by atoms with van der Waals surface area (Å²) in [4.78, 5) is 22.0. The molecule has 0 unspecified atom stereocenters. The lowest BCUT2D eigenvalue weighted by atomic mass is 9.92. The quantitative estimate of drug-likeness (QED) is 0.774. The van der Waals surface area contributed by atoms with E-state index in [1.165, 1.54) is 37.1 Å². The summed E-state index contributed by atoms with van der Waals surface area (Å²) in [7, 11) is 0. The molecule has 0 radical (unpaired) electrons. The van der Waals surface area contributed by atoms with E-state index in [2.05, 4.69) is 51.3 Å². The van der Waals surface area contributed by atoms with Gasteiger partial charge >= 0.3 is 0 Å². The van der Waals surface area contributed by atoms with Gasteiger partial charge in [0.05, 0.1) is 0 Å². The van der Waals surface area contributed by atoms with Gasteiger partial charge in [-0.05, 0) is 94.0 Å². The predicted molar refractivity (Wildman–Crippen MR) is 125 cm³/mol. The Balaban J connectivity index is 1.18. The number of carbonyl (C=O) groups excluding carboxylic acids is 1. The number of likely N-dealkylation sites (tertiary alicyclic amines) is 2. The number of benzene rings is 1. The summed E-state index contributed by atoms with van der Waals surface area (Å²) >= 11 is 0. The Morgan fingerprint density at radius 2 is 1.71 bits per heavy atom. The molecule has 1 N–H and O–H groups in total. The van der Waals surface area contributed by atoms with Gasteiger partial charge in [0.1, 0.15) is 0 Å². The monoisotopic (exact) mass is 420 g/mol. The molecule has 0 saturated carbocycles. The number of piperidine rings is 2. The molecule has 4 rings (SSSR count). The molecule has 2 saturated heterocycles. The van der Waals surface area contributed by atoms with Crippen LogP contribution in [0.1, 0.15) is 47.9 Å². The third kappa shape index (κ3) is 5.72. The number of nitrogens with one attached hydrogen (secondary N) is 1. The van der Waals surface area contributed by atoms with Crippen molar-refractivity contribution in [2.24, 2.45) is 5.92 Å². The number of nitrogens with zero attached hydrogens (tertiary/aromatic N) is 3. The highest BCUT2D eigenvalue weighted by atomic mass is 16.1.